The Balaban J connectivity index is 1.98. The number of ether oxygens (including phenoxy) is 1. The predicted molar refractivity (Wildman–Crippen MR) is 214 cm³/mol. The van der Waals surface area contributed by atoms with E-state index in [1.165, 1.54) is 23.9 Å². The summed E-state index contributed by atoms with van der Waals surface area (Å²) < 4.78 is 5.41. The van der Waals surface area contributed by atoms with Crippen molar-refractivity contribution in [3.05, 3.63) is 29.8 Å². The monoisotopic (exact) mass is 800 g/mol. The summed E-state index contributed by atoms with van der Waals surface area (Å²) in [5.41, 5.74) is 5.90. The topological polar surface area (TPSA) is 238 Å². The Kier molecular flexibility index (Phi) is 18.9. The van der Waals surface area contributed by atoms with Crippen molar-refractivity contribution in [3.63, 3.8) is 0 Å². The molecule has 17 heteroatoms. The lowest BCUT2D eigenvalue weighted by molar-refractivity contribution is -0.140. The number of urea groups is 1. The zero-order valence-electron chi connectivity index (χ0n) is 35.0. The standard InChI is InChI=1S/C40H64N8O9/c1-24(2)32(46-30(49)15-11-10-12-21-48-31(50)22-28(37(48)54)40(5,6)7)35(52)45-29(14-13-20-43-38(41)55)34(51)44-27-18-16-26(17-19-27)23-57-39(56)47(9)33(25(3)4)36(53)42-8/h16-19,24-25,28-29,32-33H,10-15,20-23H2,1-9H3,(H,42,53)(H,44,51)(H,45,52)(H,46,49)(H3,41,43,55)/t28?,29-,32-,33-/m0/s1. The first-order valence-electron chi connectivity index (χ1n) is 19.7. The van der Waals surface area contributed by atoms with Crippen LogP contribution in [0.2, 0.25) is 0 Å². The van der Waals surface area contributed by atoms with Crippen molar-refractivity contribution in [2.75, 3.05) is 32.5 Å². The Morgan fingerprint density at radius 1 is 0.895 bits per heavy atom. The molecule has 1 aromatic carbocycles. The van der Waals surface area contributed by atoms with Gasteiger partial charge in [-0.3, -0.25) is 38.6 Å². The Morgan fingerprint density at radius 3 is 2.09 bits per heavy atom. The second-order valence-corrected chi connectivity index (χ2v) is 16.3. The highest BCUT2D eigenvalue weighted by Gasteiger charge is 2.44. The van der Waals surface area contributed by atoms with Crippen LogP contribution in [-0.4, -0.2) is 103 Å². The summed E-state index contributed by atoms with van der Waals surface area (Å²) in [5, 5.41) is 13.3. The Bertz CT molecular complexity index is 1580. The fourth-order valence-electron chi connectivity index (χ4n) is 6.50. The van der Waals surface area contributed by atoms with Crippen molar-refractivity contribution in [2.24, 2.45) is 28.9 Å². The van der Waals surface area contributed by atoms with Crippen LogP contribution >= 0.6 is 0 Å². The summed E-state index contributed by atoms with van der Waals surface area (Å²) in [4.78, 5) is 104. The molecule has 2 rings (SSSR count). The Labute approximate surface area is 336 Å². The number of nitrogens with one attached hydrogen (secondary N) is 5. The summed E-state index contributed by atoms with van der Waals surface area (Å²) >= 11 is 0. The summed E-state index contributed by atoms with van der Waals surface area (Å²) in [6.45, 7) is 13.4. The maximum Gasteiger partial charge on any atom is 0.410 e. The molecule has 7 N–H and O–H groups in total. The first kappa shape index (κ1) is 47.9. The predicted octanol–water partition coefficient (Wildman–Crippen LogP) is 3.02. The number of anilines is 1. The van der Waals surface area contributed by atoms with Gasteiger partial charge in [-0.05, 0) is 60.6 Å². The van der Waals surface area contributed by atoms with Crippen LogP contribution in [0.25, 0.3) is 0 Å². The highest BCUT2D eigenvalue weighted by atomic mass is 16.6. The number of rotatable bonds is 21. The zero-order chi connectivity index (χ0) is 43.0. The number of likely N-dealkylation sites (tertiary alicyclic amines) is 1. The van der Waals surface area contributed by atoms with Crippen molar-refractivity contribution < 1.29 is 43.1 Å². The van der Waals surface area contributed by atoms with Gasteiger partial charge in [0.15, 0.2) is 0 Å². The number of amides is 9. The molecule has 1 fully saturated rings. The number of nitrogens with two attached hydrogens (primary N) is 1. The molecule has 1 saturated heterocycles. The van der Waals surface area contributed by atoms with Gasteiger partial charge in [0.25, 0.3) is 0 Å². The number of hydrogen-bond acceptors (Lipinski definition) is 9. The molecule has 0 spiro atoms. The number of hydrogen-bond donors (Lipinski definition) is 6. The molecule has 9 amide bonds. The van der Waals surface area contributed by atoms with Gasteiger partial charge in [0, 0.05) is 45.7 Å². The number of primary amides is 1. The molecule has 0 bridgehead atoms. The minimum absolute atomic E-state index is 0.0809. The number of unbranched alkanes of at least 4 members (excludes halogenated alkanes) is 2. The molecule has 0 saturated carbocycles. The van der Waals surface area contributed by atoms with Crippen LogP contribution in [0.3, 0.4) is 0 Å². The molecule has 1 aromatic rings. The van der Waals surface area contributed by atoms with Crippen LogP contribution < -0.4 is 32.3 Å². The third-order valence-electron chi connectivity index (χ3n) is 9.88. The number of benzene rings is 1. The number of carbonyl (C=O) groups excluding carboxylic acids is 8. The number of carbonyl (C=O) groups is 8. The van der Waals surface area contributed by atoms with E-state index in [-0.39, 0.29) is 79.2 Å². The molecule has 0 aromatic heterocycles. The van der Waals surface area contributed by atoms with Gasteiger partial charge >= 0.3 is 12.1 Å². The molecule has 1 aliphatic heterocycles. The number of nitrogens with zero attached hydrogens (tertiary/aromatic N) is 2. The van der Waals surface area contributed by atoms with Crippen molar-refractivity contribution >= 4 is 53.3 Å². The molecule has 1 unspecified atom stereocenters. The lowest BCUT2D eigenvalue weighted by Gasteiger charge is -2.28. The van der Waals surface area contributed by atoms with Crippen molar-refractivity contribution in [3.8, 4) is 0 Å². The van der Waals surface area contributed by atoms with E-state index < -0.39 is 42.1 Å². The summed E-state index contributed by atoms with van der Waals surface area (Å²) in [7, 11) is 2.99. The highest BCUT2D eigenvalue weighted by molar-refractivity contribution is 6.04. The lowest BCUT2D eigenvalue weighted by atomic mass is 9.80. The first-order valence-corrected chi connectivity index (χ1v) is 19.7. The quantitative estimate of drug-likeness (QED) is 0.0791. The smallest absolute Gasteiger partial charge is 0.410 e. The van der Waals surface area contributed by atoms with Crippen LogP contribution in [0.4, 0.5) is 15.3 Å². The SMILES string of the molecule is CNC(=O)[C@H](C(C)C)N(C)C(=O)OCc1ccc(NC(=O)[C@H](CCCNC(N)=O)NC(=O)[C@@H](NC(=O)CCCCCN2C(=O)CC(C(C)(C)C)C2=O)C(C)C)cc1. The van der Waals surface area contributed by atoms with E-state index in [9.17, 15) is 38.4 Å². The fourth-order valence-corrected chi connectivity index (χ4v) is 6.50. The molecule has 0 aliphatic carbocycles. The van der Waals surface area contributed by atoms with Gasteiger partial charge in [-0.15, -0.1) is 0 Å². The molecule has 17 nitrogen and oxygen atoms in total. The first-order chi connectivity index (χ1) is 26.7. The minimum atomic E-state index is -1.04. The van der Waals surface area contributed by atoms with Crippen LogP contribution in [0.1, 0.15) is 99.0 Å². The normalized spacial score (nSPS) is 15.8. The van der Waals surface area contributed by atoms with E-state index in [2.05, 4.69) is 26.6 Å². The highest BCUT2D eigenvalue weighted by Crippen LogP contribution is 2.35. The van der Waals surface area contributed by atoms with Crippen LogP contribution in [0.15, 0.2) is 24.3 Å². The van der Waals surface area contributed by atoms with Gasteiger partial charge in [0.1, 0.15) is 24.7 Å². The maximum absolute atomic E-state index is 13.5. The van der Waals surface area contributed by atoms with Crippen LogP contribution in [0, 0.1) is 23.2 Å². The molecule has 0 radical (unpaired) electrons. The second kappa shape index (κ2) is 22.5. The Hall–Kier alpha value is -5.22. The van der Waals surface area contributed by atoms with Gasteiger partial charge in [-0.25, -0.2) is 9.59 Å². The molecule has 57 heavy (non-hydrogen) atoms. The van der Waals surface area contributed by atoms with Gasteiger partial charge in [-0.1, -0.05) is 67.0 Å². The second-order valence-electron chi connectivity index (χ2n) is 16.3. The summed E-state index contributed by atoms with van der Waals surface area (Å²) in [5.74, 6) is -2.86. The van der Waals surface area contributed by atoms with E-state index in [1.807, 2.05) is 34.6 Å². The van der Waals surface area contributed by atoms with E-state index in [0.29, 0.717) is 43.5 Å². The summed E-state index contributed by atoms with van der Waals surface area (Å²) in [6.07, 6.45) is 1.78. The average Bonchev–Trinajstić information content (AvgIpc) is 3.43. The van der Waals surface area contributed by atoms with E-state index in [0.717, 1.165) is 0 Å². The van der Waals surface area contributed by atoms with Gasteiger partial charge in [-0.2, -0.15) is 0 Å². The molecular weight excluding hydrogens is 736 g/mol. The maximum atomic E-state index is 13.5. The molecular formula is C40H64N8O9. The van der Waals surface area contributed by atoms with E-state index in [4.69, 9.17) is 10.5 Å². The summed E-state index contributed by atoms with van der Waals surface area (Å²) in [6, 6.07) is 3.12. The van der Waals surface area contributed by atoms with Gasteiger partial charge < -0.3 is 37.1 Å². The minimum Gasteiger partial charge on any atom is -0.445 e. The average molecular weight is 801 g/mol. The van der Waals surface area contributed by atoms with Gasteiger partial charge in [0.05, 0.1) is 5.92 Å². The number of imide groups is 1. The van der Waals surface area contributed by atoms with Crippen LogP contribution in [0.5, 0.6) is 0 Å². The largest absolute Gasteiger partial charge is 0.445 e. The van der Waals surface area contributed by atoms with Crippen molar-refractivity contribution in [2.45, 2.75) is 118 Å². The third kappa shape index (κ3) is 15.3. The fraction of sp³-hybridized carbons (Fsp3) is 0.650. The molecule has 1 aliphatic rings. The van der Waals surface area contributed by atoms with E-state index >= 15 is 0 Å². The number of likely N-dealkylation sites (N-methyl/N-ethyl adjacent to an activating group) is 2. The Morgan fingerprint density at radius 2 is 1.54 bits per heavy atom. The van der Waals surface area contributed by atoms with Gasteiger partial charge in [0.2, 0.25) is 35.4 Å². The van der Waals surface area contributed by atoms with Crippen molar-refractivity contribution in [1.29, 1.82) is 0 Å². The van der Waals surface area contributed by atoms with Crippen LogP contribution in [-0.2, 0) is 40.1 Å². The van der Waals surface area contributed by atoms with E-state index in [1.54, 1.807) is 38.1 Å². The third-order valence-corrected chi connectivity index (χ3v) is 9.88. The van der Waals surface area contributed by atoms with Crippen molar-refractivity contribution in [1.82, 2.24) is 31.1 Å². The zero-order valence-corrected chi connectivity index (χ0v) is 35.0. The molecule has 4 atom stereocenters. The molecule has 1 heterocycles. The lowest BCUT2D eigenvalue weighted by Crippen LogP contribution is -2.54. The molecule has 318 valence electrons.